The number of nitrogens with zero attached hydrogens (tertiary/aromatic N) is 2. The standard InChI is InChI=1S/C21H28N2O3/c1-22(2)14-16-7-9-17(10-8-16)19-6-4-5-13-23(19)21(24)20-12-11-18(26-20)15-25-3/h7-12,19H,4-6,13-15H2,1-3H3/t19-/m1/s1. The monoisotopic (exact) mass is 356 g/mol. The minimum absolute atomic E-state index is 0.0329. The van der Waals surface area contributed by atoms with Crippen molar-refractivity contribution in [3.63, 3.8) is 0 Å². The zero-order valence-corrected chi connectivity index (χ0v) is 15.9. The third-order valence-electron chi connectivity index (χ3n) is 4.79. The van der Waals surface area contributed by atoms with Crippen molar-refractivity contribution >= 4 is 5.91 Å². The number of carbonyl (C=O) groups excluding carboxylic acids is 1. The van der Waals surface area contributed by atoms with Gasteiger partial charge in [0.2, 0.25) is 0 Å². The molecular weight excluding hydrogens is 328 g/mol. The van der Waals surface area contributed by atoms with Gasteiger partial charge in [-0.25, -0.2) is 0 Å². The van der Waals surface area contributed by atoms with Crippen LogP contribution >= 0.6 is 0 Å². The van der Waals surface area contributed by atoms with E-state index >= 15 is 0 Å². The predicted molar refractivity (Wildman–Crippen MR) is 101 cm³/mol. The summed E-state index contributed by atoms with van der Waals surface area (Å²) in [6.07, 6.45) is 3.16. The van der Waals surface area contributed by atoms with E-state index < -0.39 is 0 Å². The van der Waals surface area contributed by atoms with Crippen molar-refractivity contribution in [3.05, 3.63) is 59.0 Å². The van der Waals surface area contributed by atoms with E-state index in [1.807, 2.05) is 11.0 Å². The number of furan rings is 1. The van der Waals surface area contributed by atoms with Gasteiger partial charge in [-0.15, -0.1) is 0 Å². The van der Waals surface area contributed by atoms with Crippen LogP contribution < -0.4 is 0 Å². The number of rotatable bonds is 6. The van der Waals surface area contributed by atoms with Crippen LogP contribution in [-0.2, 0) is 17.9 Å². The first-order chi connectivity index (χ1) is 12.6. The van der Waals surface area contributed by atoms with Crippen LogP contribution in [0, 0.1) is 0 Å². The zero-order chi connectivity index (χ0) is 18.5. The third-order valence-corrected chi connectivity index (χ3v) is 4.79. The second-order valence-electron chi connectivity index (χ2n) is 7.19. The molecule has 0 unspecified atom stereocenters. The molecule has 1 aromatic carbocycles. The number of hydrogen-bond acceptors (Lipinski definition) is 4. The molecule has 1 atom stereocenters. The molecule has 1 aromatic heterocycles. The van der Waals surface area contributed by atoms with E-state index in [0.717, 1.165) is 32.4 Å². The van der Waals surface area contributed by atoms with E-state index in [1.54, 1.807) is 13.2 Å². The van der Waals surface area contributed by atoms with Gasteiger partial charge in [-0.05, 0) is 56.6 Å². The molecule has 140 valence electrons. The summed E-state index contributed by atoms with van der Waals surface area (Å²) >= 11 is 0. The highest BCUT2D eigenvalue weighted by Gasteiger charge is 2.30. The van der Waals surface area contributed by atoms with E-state index in [1.165, 1.54) is 11.1 Å². The van der Waals surface area contributed by atoms with Gasteiger partial charge in [-0.1, -0.05) is 24.3 Å². The Kier molecular flexibility index (Phi) is 6.12. The van der Waals surface area contributed by atoms with E-state index in [0.29, 0.717) is 18.1 Å². The molecule has 1 amide bonds. The van der Waals surface area contributed by atoms with Gasteiger partial charge in [0.05, 0.1) is 6.04 Å². The molecule has 0 saturated carbocycles. The lowest BCUT2D eigenvalue weighted by atomic mass is 9.94. The van der Waals surface area contributed by atoms with Gasteiger partial charge in [0.15, 0.2) is 5.76 Å². The zero-order valence-electron chi connectivity index (χ0n) is 15.9. The fourth-order valence-electron chi connectivity index (χ4n) is 3.59. The molecule has 5 nitrogen and oxygen atoms in total. The minimum Gasteiger partial charge on any atom is -0.453 e. The lowest BCUT2D eigenvalue weighted by Crippen LogP contribution is -2.38. The predicted octanol–water partition coefficient (Wildman–Crippen LogP) is 3.86. The fraction of sp³-hybridized carbons (Fsp3) is 0.476. The summed E-state index contributed by atoms with van der Waals surface area (Å²) in [4.78, 5) is 17.1. The van der Waals surface area contributed by atoms with E-state index in [2.05, 4.69) is 43.3 Å². The van der Waals surface area contributed by atoms with Gasteiger partial charge in [-0.3, -0.25) is 4.79 Å². The number of methoxy groups -OCH3 is 1. The van der Waals surface area contributed by atoms with Crippen molar-refractivity contribution in [1.29, 1.82) is 0 Å². The van der Waals surface area contributed by atoms with E-state index in [9.17, 15) is 4.79 Å². The summed E-state index contributed by atoms with van der Waals surface area (Å²) in [6, 6.07) is 12.3. The second-order valence-corrected chi connectivity index (χ2v) is 7.19. The minimum atomic E-state index is -0.0329. The Hall–Kier alpha value is -2.11. The molecule has 2 heterocycles. The molecule has 0 N–H and O–H groups in total. The molecule has 5 heteroatoms. The first-order valence-corrected chi connectivity index (χ1v) is 9.20. The normalized spacial score (nSPS) is 17.7. The molecule has 2 aromatic rings. The molecule has 1 fully saturated rings. The van der Waals surface area contributed by atoms with Gasteiger partial charge in [0.25, 0.3) is 5.91 Å². The Morgan fingerprint density at radius 2 is 1.96 bits per heavy atom. The number of likely N-dealkylation sites (tertiary alicyclic amines) is 1. The quantitative estimate of drug-likeness (QED) is 0.789. The Morgan fingerprint density at radius 3 is 2.65 bits per heavy atom. The van der Waals surface area contributed by atoms with Crippen molar-refractivity contribution in [2.75, 3.05) is 27.7 Å². The van der Waals surface area contributed by atoms with Gasteiger partial charge in [-0.2, -0.15) is 0 Å². The summed E-state index contributed by atoms with van der Waals surface area (Å²) in [6.45, 7) is 2.07. The summed E-state index contributed by atoms with van der Waals surface area (Å²) < 4.78 is 10.7. The van der Waals surface area contributed by atoms with Crippen LogP contribution in [0.5, 0.6) is 0 Å². The lowest BCUT2D eigenvalue weighted by molar-refractivity contribution is 0.0572. The molecule has 0 spiro atoms. The van der Waals surface area contributed by atoms with Gasteiger partial charge < -0.3 is 19.0 Å². The van der Waals surface area contributed by atoms with Crippen LogP contribution in [0.4, 0.5) is 0 Å². The summed E-state index contributed by atoms with van der Waals surface area (Å²) in [5.41, 5.74) is 2.48. The Balaban J connectivity index is 1.77. The van der Waals surface area contributed by atoms with Gasteiger partial charge in [0.1, 0.15) is 12.4 Å². The average Bonchev–Trinajstić information content (AvgIpc) is 3.10. The molecule has 1 saturated heterocycles. The molecule has 26 heavy (non-hydrogen) atoms. The maximum absolute atomic E-state index is 13.0. The maximum Gasteiger partial charge on any atom is 0.290 e. The van der Waals surface area contributed by atoms with E-state index in [4.69, 9.17) is 9.15 Å². The highest BCUT2D eigenvalue weighted by molar-refractivity contribution is 5.92. The highest BCUT2D eigenvalue weighted by Crippen LogP contribution is 2.32. The van der Waals surface area contributed by atoms with Crippen LogP contribution in [0.15, 0.2) is 40.8 Å². The molecular formula is C21H28N2O3. The van der Waals surface area contributed by atoms with E-state index in [-0.39, 0.29) is 11.9 Å². The fourth-order valence-corrected chi connectivity index (χ4v) is 3.59. The van der Waals surface area contributed by atoms with Crippen molar-refractivity contribution in [3.8, 4) is 0 Å². The van der Waals surface area contributed by atoms with Crippen molar-refractivity contribution in [2.24, 2.45) is 0 Å². The molecule has 3 rings (SSSR count). The van der Waals surface area contributed by atoms with Gasteiger partial charge >= 0.3 is 0 Å². The SMILES string of the molecule is COCc1ccc(C(=O)N2CCCC[C@@H]2c2ccc(CN(C)C)cc2)o1. The maximum atomic E-state index is 13.0. The number of ether oxygens (including phenoxy) is 1. The van der Waals surface area contributed by atoms with Crippen LogP contribution in [0.25, 0.3) is 0 Å². The van der Waals surface area contributed by atoms with Crippen molar-refractivity contribution in [1.82, 2.24) is 9.80 Å². The molecule has 1 aliphatic rings. The Morgan fingerprint density at radius 1 is 1.19 bits per heavy atom. The largest absolute Gasteiger partial charge is 0.453 e. The molecule has 0 radical (unpaired) electrons. The number of carbonyl (C=O) groups is 1. The highest BCUT2D eigenvalue weighted by atomic mass is 16.5. The number of hydrogen-bond donors (Lipinski definition) is 0. The van der Waals surface area contributed by atoms with Crippen LogP contribution in [-0.4, -0.2) is 43.5 Å². The first-order valence-electron chi connectivity index (χ1n) is 9.20. The number of benzene rings is 1. The van der Waals surface area contributed by atoms with Crippen molar-refractivity contribution in [2.45, 2.75) is 38.5 Å². The summed E-state index contributed by atoms with van der Waals surface area (Å²) in [5, 5.41) is 0. The number of amides is 1. The molecule has 0 aliphatic carbocycles. The average molecular weight is 356 g/mol. The summed E-state index contributed by atoms with van der Waals surface area (Å²) in [5.74, 6) is 1.04. The third kappa shape index (κ3) is 4.34. The molecule has 1 aliphatic heterocycles. The smallest absolute Gasteiger partial charge is 0.290 e. The number of piperidine rings is 1. The van der Waals surface area contributed by atoms with Crippen LogP contribution in [0.2, 0.25) is 0 Å². The topological polar surface area (TPSA) is 45.9 Å². The van der Waals surface area contributed by atoms with Gasteiger partial charge in [0, 0.05) is 20.2 Å². The second kappa shape index (κ2) is 8.52. The van der Waals surface area contributed by atoms with Crippen LogP contribution in [0.3, 0.4) is 0 Å². The summed E-state index contributed by atoms with van der Waals surface area (Å²) in [7, 11) is 5.75. The lowest BCUT2D eigenvalue weighted by Gasteiger charge is -2.35. The Bertz CT molecular complexity index is 721. The molecule has 0 bridgehead atoms. The van der Waals surface area contributed by atoms with Crippen molar-refractivity contribution < 1.29 is 13.9 Å². The van der Waals surface area contributed by atoms with Crippen LogP contribution in [0.1, 0.15) is 52.7 Å². The Labute approximate surface area is 155 Å². The first kappa shape index (κ1) is 18.7.